The molecule has 6 aliphatic rings. The predicted molar refractivity (Wildman–Crippen MR) is 376 cm³/mol. The maximum atomic E-state index is 13.9. The molecule has 4 saturated carbocycles. The van der Waals surface area contributed by atoms with E-state index in [-0.39, 0.29) is 86.3 Å². The van der Waals surface area contributed by atoms with Gasteiger partial charge in [-0.1, -0.05) is 34.8 Å². The van der Waals surface area contributed by atoms with Crippen molar-refractivity contribution in [2.45, 2.75) is 306 Å². The summed E-state index contributed by atoms with van der Waals surface area (Å²) in [6.07, 6.45) is 13.9. The summed E-state index contributed by atoms with van der Waals surface area (Å²) in [6.45, 7) is 33.1. The molecule has 8 rings (SSSR count). The Labute approximate surface area is 577 Å². The number of nitrogens with two attached hydrogens (primary N) is 2. The number of hydrogen-bond donors (Lipinski definition) is 8. The highest BCUT2D eigenvalue weighted by atomic mass is 35.5. The van der Waals surface area contributed by atoms with Gasteiger partial charge in [-0.3, -0.25) is 19.3 Å². The Morgan fingerprint density at radius 1 is 0.768 bits per heavy atom. The van der Waals surface area contributed by atoms with E-state index in [0.717, 1.165) is 82.2 Å². The first-order chi connectivity index (χ1) is 43.4. The second-order valence-electron chi connectivity index (χ2n) is 27.0. The van der Waals surface area contributed by atoms with E-state index in [1.54, 1.807) is 60.3 Å². The average molecular weight is 1390 g/mol. The number of carbonyl (C=O) groups excluding carboxylic acids is 6. The molecule has 546 valence electrons. The lowest BCUT2D eigenvalue weighted by Crippen LogP contribution is -2.64. The van der Waals surface area contributed by atoms with Crippen molar-refractivity contribution in [2.24, 2.45) is 11.5 Å². The van der Waals surface area contributed by atoms with Crippen LogP contribution in [0.1, 0.15) is 242 Å². The Morgan fingerprint density at radius 2 is 1.23 bits per heavy atom. The number of aromatic hydroxyl groups is 1. The molecule has 1 saturated heterocycles. The van der Waals surface area contributed by atoms with Gasteiger partial charge < -0.3 is 71.6 Å². The van der Waals surface area contributed by atoms with Crippen LogP contribution in [0.3, 0.4) is 0 Å². The second-order valence-corrected chi connectivity index (χ2v) is 27.8. The average Bonchev–Trinajstić information content (AvgIpc) is 1.73. The number of ketones is 1. The lowest BCUT2D eigenvalue weighted by atomic mass is 10.00. The summed E-state index contributed by atoms with van der Waals surface area (Å²) in [5.41, 5.74) is 8.31. The van der Waals surface area contributed by atoms with Crippen molar-refractivity contribution in [1.29, 1.82) is 5.26 Å². The quantitative estimate of drug-likeness (QED) is 0.0280. The molecule has 22 nitrogen and oxygen atoms in total. The van der Waals surface area contributed by atoms with Crippen LogP contribution < -0.4 is 43.5 Å². The van der Waals surface area contributed by atoms with Crippen LogP contribution in [0.4, 0.5) is 23.2 Å². The zero-order chi connectivity index (χ0) is 71.0. The van der Waals surface area contributed by atoms with E-state index in [1.807, 2.05) is 54.5 Å². The van der Waals surface area contributed by atoms with Gasteiger partial charge in [0, 0.05) is 86.0 Å². The Kier molecular flexibility index (Phi) is 44.0. The predicted octanol–water partition coefficient (Wildman–Crippen LogP) is 12.3. The molecule has 2 aliphatic heterocycles. The molecule has 95 heavy (non-hydrogen) atoms. The van der Waals surface area contributed by atoms with E-state index >= 15 is 0 Å². The number of alkyl halides is 2. The molecule has 26 heteroatoms. The number of rotatable bonds is 19. The van der Waals surface area contributed by atoms with E-state index in [2.05, 4.69) is 38.4 Å². The fraction of sp³-hybridized carbons (Fsp3) is 0.739. The molecule has 6 atom stereocenters. The van der Waals surface area contributed by atoms with E-state index in [9.17, 15) is 47.4 Å². The minimum atomic E-state index is -0.902. The zero-order valence-corrected chi connectivity index (χ0v) is 59.8. The van der Waals surface area contributed by atoms with Gasteiger partial charge in [0.05, 0.1) is 29.9 Å². The van der Waals surface area contributed by atoms with Crippen molar-refractivity contribution in [3.63, 3.8) is 0 Å². The monoisotopic (exact) mass is 1390 g/mol. The van der Waals surface area contributed by atoms with E-state index in [4.69, 9.17) is 54.1 Å². The number of pyridine rings is 1. The first kappa shape index (κ1) is 91.4. The van der Waals surface area contributed by atoms with Crippen molar-refractivity contribution in [2.75, 3.05) is 25.0 Å². The van der Waals surface area contributed by atoms with Crippen LogP contribution >= 0.6 is 23.2 Å². The van der Waals surface area contributed by atoms with E-state index in [1.165, 1.54) is 55.4 Å². The van der Waals surface area contributed by atoms with Crippen LogP contribution in [0.15, 0.2) is 29.2 Å². The van der Waals surface area contributed by atoms with Gasteiger partial charge in [0.25, 0.3) is 5.91 Å². The molecule has 2 aromatic rings. The number of aldehydes is 1. The molecule has 5 fully saturated rings. The smallest absolute Gasteiger partial charge is 0.407 e. The molecule has 0 radical (unpaired) electrons. The fourth-order valence-corrected chi connectivity index (χ4v) is 8.74. The highest BCUT2D eigenvalue weighted by Crippen LogP contribution is 2.37. The Balaban J connectivity index is 0. The molecule has 10 N–H and O–H groups in total. The third kappa shape index (κ3) is 41.2. The third-order valence-electron chi connectivity index (χ3n) is 13.9. The van der Waals surface area contributed by atoms with E-state index in [0.29, 0.717) is 37.5 Å². The summed E-state index contributed by atoms with van der Waals surface area (Å²) in [6, 6.07) is 7.81. The molecule has 0 unspecified atom stereocenters. The molecular formula is C69H121Cl2F2N11O11. The highest BCUT2D eigenvalue weighted by molar-refractivity contribution is 6.40. The zero-order valence-electron chi connectivity index (χ0n) is 58.3. The van der Waals surface area contributed by atoms with Gasteiger partial charge in [-0.15, -0.1) is 23.2 Å². The number of nitriles is 1. The summed E-state index contributed by atoms with van der Waals surface area (Å²) >= 11 is 9.53. The molecule has 1 aromatic heterocycles. The number of ether oxygens (including phenoxy) is 3. The lowest BCUT2D eigenvalue weighted by Gasteiger charge is -2.50. The lowest BCUT2D eigenvalue weighted by molar-refractivity contribution is -0.108. The molecular weight excluding hydrogens is 1270 g/mol. The minimum absolute atomic E-state index is 0. The van der Waals surface area contributed by atoms with E-state index < -0.39 is 63.5 Å². The number of aryl methyl sites for hydroxylation is 1. The number of nitrogens with one attached hydrogen (secondary N) is 5. The number of Topliss-reactive ketones (excluding diaryl/α,β-unsaturated/α-hetero) is 1. The SMILES string of the molecule is C.C.CC.C[C@@H](CC#N)NC(=O)OC(C)(C)C.C[C@@H](CC=O)NC(=O)OC(C)(C)C.C[C@@H](CCNC1CC1)NC(=O)OC(C)(C)C.C[C@H](N)CCNC1CC1.C[C@H]1CCN(C2CC2)[C@@H]2Cn3cc(C(=O)CCc4ccc(F)cc4F)c(=O)c(O)c3C(=O)N12.ClCCl.NC1CC1. The number of alkyl carbamates (subject to hydrolysis) is 3. The number of benzene rings is 1. The van der Waals surface area contributed by atoms with Gasteiger partial charge in [0.1, 0.15) is 40.9 Å². The topological polar surface area (TPSA) is 315 Å². The summed E-state index contributed by atoms with van der Waals surface area (Å²) in [4.78, 5) is 86.7. The van der Waals surface area contributed by atoms with Gasteiger partial charge in [-0.25, -0.2) is 23.2 Å². The van der Waals surface area contributed by atoms with Gasteiger partial charge in [-0.05, 0) is 199 Å². The van der Waals surface area contributed by atoms with Gasteiger partial charge in [0.2, 0.25) is 5.43 Å². The van der Waals surface area contributed by atoms with Crippen LogP contribution in [0.2, 0.25) is 0 Å². The number of carbonyl (C=O) groups is 6. The number of fused-ring (bicyclic) bond motifs is 2. The van der Waals surface area contributed by atoms with Crippen molar-refractivity contribution >= 4 is 59.5 Å². The number of nitrogens with zero attached hydrogens (tertiary/aromatic N) is 4. The molecule has 0 spiro atoms. The highest BCUT2D eigenvalue weighted by Gasteiger charge is 2.47. The number of amides is 4. The number of aromatic nitrogens is 1. The van der Waals surface area contributed by atoms with Crippen LogP contribution in [0, 0.1) is 23.0 Å². The number of halogens is 4. The van der Waals surface area contributed by atoms with Crippen molar-refractivity contribution in [3.8, 4) is 11.8 Å². The molecule has 4 aliphatic carbocycles. The summed E-state index contributed by atoms with van der Waals surface area (Å²) in [5, 5.41) is 33.9. The molecule has 4 amide bonds. The van der Waals surface area contributed by atoms with Crippen LogP contribution in [0.25, 0.3) is 0 Å². The van der Waals surface area contributed by atoms with Gasteiger partial charge in [0.15, 0.2) is 17.2 Å². The second kappa shape index (κ2) is 45.8. The van der Waals surface area contributed by atoms with Crippen LogP contribution in [-0.4, -0.2) is 158 Å². The van der Waals surface area contributed by atoms with Crippen LogP contribution in [-0.2, 0) is 32.0 Å². The first-order valence-corrected chi connectivity index (χ1v) is 33.9. The maximum absolute atomic E-state index is 13.9. The Bertz CT molecular complexity index is 2700. The largest absolute Gasteiger partial charge is 0.503 e. The third-order valence-corrected chi connectivity index (χ3v) is 13.9. The van der Waals surface area contributed by atoms with Crippen molar-refractivity contribution in [1.82, 2.24) is 41.0 Å². The molecule has 3 heterocycles. The number of hydrogen-bond acceptors (Lipinski definition) is 17. The first-order valence-electron chi connectivity index (χ1n) is 32.8. The fourth-order valence-electron chi connectivity index (χ4n) is 8.74. The summed E-state index contributed by atoms with van der Waals surface area (Å²) in [5.74, 6) is -3.18. The Hall–Kier alpha value is -5.68. The van der Waals surface area contributed by atoms with Gasteiger partial charge in [-0.2, -0.15) is 5.26 Å². The molecule has 1 aromatic carbocycles. The normalized spacial score (nSPS) is 17.9. The Morgan fingerprint density at radius 3 is 1.64 bits per heavy atom. The van der Waals surface area contributed by atoms with Crippen molar-refractivity contribution < 1.29 is 56.9 Å². The molecule has 0 bridgehead atoms. The summed E-state index contributed by atoms with van der Waals surface area (Å²) < 4.78 is 43.7. The minimum Gasteiger partial charge on any atom is -0.503 e. The van der Waals surface area contributed by atoms with Crippen molar-refractivity contribution in [3.05, 3.63) is 63.1 Å². The van der Waals surface area contributed by atoms with Gasteiger partial charge >= 0.3 is 18.3 Å². The van der Waals surface area contributed by atoms with Crippen LogP contribution in [0.5, 0.6) is 5.75 Å². The maximum Gasteiger partial charge on any atom is 0.407 e. The summed E-state index contributed by atoms with van der Waals surface area (Å²) in [7, 11) is 0. The standard InChI is InChI=1S/C24H25F2N3O4.C12H24N2O2.C9H16N2O2.C9H17NO3.C7H16N2.C3H7N.C2H6.CH2Cl2.2CH4/c1-13-8-9-28(16-5-6-16)20-12-27-11-17(22(31)23(32)21(27)24(33)29(13)20)19(30)7-3-14-2-4-15(25)10-18(14)26;1-9(7-8-13-10-5-6-10)14-11(15)16-12(2,3)4;1-7(5-6-10)11-8(12)13-9(2,3)4;1-7(5-6-11)10-8(12)13-9(2,3)4;1-6(8)4-5-9-7-2-3-7;4-3-1-2-3;1-2;2-1-3;;/h2,4,10-11,13,16,20,32H,3,5-9,12H2,1H3;9-10,13H,5-8H2,1-4H3,(H,14,15);7H,5H2,1-4H3,(H,11,12);6-7H,5H2,1-4H3,(H,10,12);6-7,9H,2-5,8H2,1H3;3H,1-2,4H2;1-2H3;1H2;2*1H4/t13-,20-;9-;2*7-;6-;;;;;/m00000...../s1.